The Kier molecular flexibility index (Phi) is 9.14. The summed E-state index contributed by atoms with van der Waals surface area (Å²) < 4.78 is 37.7. The molecule has 0 radical (unpaired) electrons. The number of benzene rings is 2. The van der Waals surface area contributed by atoms with E-state index in [1.54, 1.807) is 19.1 Å². The monoisotopic (exact) mass is 435 g/mol. The van der Waals surface area contributed by atoms with Gasteiger partial charge in [-0.25, -0.2) is 4.79 Å². The fraction of sp³-hybridized carbons (Fsp3) is 0.409. The van der Waals surface area contributed by atoms with Crippen LogP contribution >= 0.6 is 0 Å². The highest BCUT2D eigenvalue weighted by Crippen LogP contribution is 2.16. The predicted molar refractivity (Wildman–Crippen MR) is 116 cm³/mol. The topological polar surface area (TPSA) is 90.9 Å². The van der Waals surface area contributed by atoms with Gasteiger partial charge in [0.05, 0.1) is 12.9 Å². The number of nitrogens with one attached hydrogen (secondary N) is 1. The number of anilines is 1. The molecule has 0 saturated heterocycles. The Bertz CT molecular complexity index is 894. The summed E-state index contributed by atoms with van der Waals surface area (Å²) in [6, 6.07) is 14.8. The average Bonchev–Trinajstić information content (AvgIpc) is 2.69. The Morgan fingerprint density at radius 1 is 0.967 bits per heavy atom. The molecule has 1 N–H and O–H groups in total. The zero-order valence-corrected chi connectivity index (χ0v) is 18.4. The van der Waals surface area contributed by atoms with Crippen LogP contribution in [0.5, 0.6) is 5.75 Å². The summed E-state index contributed by atoms with van der Waals surface area (Å²) in [5.41, 5.74) is 3.03. The quantitative estimate of drug-likeness (QED) is 0.404. The van der Waals surface area contributed by atoms with Crippen molar-refractivity contribution in [1.82, 2.24) is 0 Å². The van der Waals surface area contributed by atoms with Crippen LogP contribution in [0.1, 0.15) is 25.0 Å². The van der Waals surface area contributed by atoms with Crippen LogP contribution in [-0.2, 0) is 37.2 Å². The summed E-state index contributed by atoms with van der Waals surface area (Å²) >= 11 is 0. The van der Waals surface area contributed by atoms with Gasteiger partial charge in [-0.15, -0.1) is 0 Å². The SMILES string of the molecule is CCOC(=O)[C@H](Cc1ccc(NCCc2ccc(OS(C)(=O)=O)cc2)cc1)OCC. The number of hydrogen-bond donors (Lipinski definition) is 1. The number of carbonyl (C=O) groups excluding carboxylic acids is 1. The zero-order valence-electron chi connectivity index (χ0n) is 17.6. The maximum absolute atomic E-state index is 12.0. The van der Waals surface area contributed by atoms with Crippen LogP contribution in [0.15, 0.2) is 48.5 Å². The molecule has 164 valence electrons. The van der Waals surface area contributed by atoms with Gasteiger partial charge in [0.1, 0.15) is 5.75 Å². The van der Waals surface area contributed by atoms with E-state index in [2.05, 4.69) is 5.32 Å². The van der Waals surface area contributed by atoms with Crippen LogP contribution in [0.2, 0.25) is 0 Å². The van der Waals surface area contributed by atoms with E-state index in [9.17, 15) is 13.2 Å². The molecule has 2 rings (SSSR count). The highest BCUT2D eigenvalue weighted by molar-refractivity contribution is 7.86. The third-order valence-electron chi connectivity index (χ3n) is 4.21. The van der Waals surface area contributed by atoms with Crippen molar-refractivity contribution in [3.63, 3.8) is 0 Å². The Morgan fingerprint density at radius 3 is 2.17 bits per heavy atom. The molecule has 7 nitrogen and oxygen atoms in total. The van der Waals surface area contributed by atoms with E-state index >= 15 is 0 Å². The number of esters is 1. The first kappa shape index (κ1) is 23.7. The van der Waals surface area contributed by atoms with Crippen molar-refractivity contribution < 1.29 is 26.9 Å². The maximum atomic E-state index is 12.0. The smallest absolute Gasteiger partial charge is 0.335 e. The minimum atomic E-state index is -3.51. The minimum absolute atomic E-state index is 0.304. The second-order valence-corrected chi connectivity index (χ2v) is 8.28. The standard InChI is InChI=1S/C22H29NO6S/c1-4-27-21(22(24)28-5-2)16-18-6-10-19(11-7-18)23-15-14-17-8-12-20(13-9-17)29-30(3,25)26/h6-13,21,23H,4-5,14-16H2,1-3H3/t21-/m0/s1. The Balaban J connectivity index is 1.83. The molecule has 0 aliphatic carbocycles. The van der Waals surface area contributed by atoms with Crippen LogP contribution in [0.4, 0.5) is 5.69 Å². The van der Waals surface area contributed by atoms with Crippen molar-refractivity contribution >= 4 is 21.8 Å². The summed E-state index contributed by atoms with van der Waals surface area (Å²) in [6.07, 6.45) is 1.66. The van der Waals surface area contributed by atoms with E-state index in [0.717, 1.165) is 36.0 Å². The van der Waals surface area contributed by atoms with E-state index in [1.165, 1.54) is 0 Å². The molecule has 0 heterocycles. The molecule has 0 amide bonds. The van der Waals surface area contributed by atoms with Crippen LogP contribution < -0.4 is 9.50 Å². The van der Waals surface area contributed by atoms with Gasteiger partial charge in [0.15, 0.2) is 6.10 Å². The largest absolute Gasteiger partial charge is 0.464 e. The van der Waals surface area contributed by atoms with E-state index < -0.39 is 16.2 Å². The first-order chi connectivity index (χ1) is 14.3. The molecule has 0 bridgehead atoms. The molecular formula is C22H29NO6S. The van der Waals surface area contributed by atoms with E-state index in [1.807, 2.05) is 43.3 Å². The van der Waals surface area contributed by atoms with Crippen molar-refractivity contribution in [2.75, 3.05) is 31.3 Å². The van der Waals surface area contributed by atoms with Crippen LogP contribution in [0.25, 0.3) is 0 Å². The summed E-state index contributed by atoms with van der Waals surface area (Å²) in [7, 11) is -3.51. The number of rotatable bonds is 12. The third-order valence-corrected chi connectivity index (χ3v) is 4.70. The van der Waals surface area contributed by atoms with Gasteiger partial charge in [0.2, 0.25) is 0 Å². The Labute approximate surface area is 178 Å². The highest BCUT2D eigenvalue weighted by atomic mass is 32.2. The van der Waals surface area contributed by atoms with Crippen molar-refractivity contribution in [1.29, 1.82) is 0 Å². The van der Waals surface area contributed by atoms with Gasteiger partial charge in [0, 0.05) is 25.3 Å². The summed E-state index contributed by atoms with van der Waals surface area (Å²) in [5.74, 6) is -0.0347. The highest BCUT2D eigenvalue weighted by Gasteiger charge is 2.20. The minimum Gasteiger partial charge on any atom is -0.464 e. The van der Waals surface area contributed by atoms with Gasteiger partial charge in [-0.3, -0.25) is 0 Å². The van der Waals surface area contributed by atoms with Gasteiger partial charge >= 0.3 is 16.1 Å². The lowest BCUT2D eigenvalue weighted by Crippen LogP contribution is -2.28. The molecule has 0 aliphatic rings. The fourth-order valence-electron chi connectivity index (χ4n) is 2.86. The van der Waals surface area contributed by atoms with E-state index in [-0.39, 0.29) is 5.97 Å². The lowest BCUT2D eigenvalue weighted by molar-refractivity contribution is -0.156. The molecule has 0 aromatic heterocycles. The normalized spacial score (nSPS) is 12.2. The third kappa shape index (κ3) is 8.42. The lowest BCUT2D eigenvalue weighted by atomic mass is 10.1. The summed E-state index contributed by atoms with van der Waals surface area (Å²) in [4.78, 5) is 12.0. The number of ether oxygens (including phenoxy) is 2. The van der Waals surface area contributed by atoms with Crippen LogP contribution in [-0.4, -0.2) is 46.5 Å². The zero-order chi connectivity index (χ0) is 22.0. The molecular weight excluding hydrogens is 406 g/mol. The van der Waals surface area contributed by atoms with E-state index in [4.69, 9.17) is 13.7 Å². The van der Waals surface area contributed by atoms with Crippen molar-refractivity contribution in [3.8, 4) is 5.75 Å². The molecule has 0 unspecified atom stereocenters. The molecule has 0 saturated carbocycles. The van der Waals surface area contributed by atoms with Gasteiger partial charge in [-0.1, -0.05) is 24.3 Å². The summed E-state index contributed by atoms with van der Waals surface area (Å²) in [6.45, 7) is 5.13. The Hall–Kier alpha value is -2.58. The van der Waals surface area contributed by atoms with Gasteiger partial charge in [-0.05, 0) is 55.7 Å². The molecule has 0 fully saturated rings. The second kappa shape index (κ2) is 11.6. The second-order valence-electron chi connectivity index (χ2n) is 6.71. The first-order valence-electron chi connectivity index (χ1n) is 9.90. The molecule has 8 heteroatoms. The molecule has 0 aliphatic heterocycles. The fourth-order valence-corrected chi connectivity index (χ4v) is 3.32. The van der Waals surface area contributed by atoms with Crippen molar-refractivity contribution in [2.45, 2.75) is 32.8 Å². The van der Waals surface area contributed by atoms with Crippen molar-refractivity contribution in [3.05, 3.63) is 59.7 Å². The Morgan fingerprint density at radius 2 is 1.60 bits per heavy atom. The first-order valence-corrected chi connectivity index (χ1v) is 11.7. The number of carbonyl (C=O) groups is 1. The van der Waals surface area contributed by atoms with Crippen LogP contribution in [0, 0.1) is 0 Å². The molecule has 30 heavy (non-hydrogen) atoms. The number of hydrogen-bond acceptors (Lipinski definition) is 7. The molecule has 1 atom stereocenters. The van der Waals surface area contributed by atoms with Crippen molar-refractivity contribution in [2.24, 2.45) is 0 Å². The predicted octanol–water partition coefficient (Wildman–Crippen LogP) is 3.19. The maximum Gasteiger partial charge on any atom is 0.335 e. The summed E-state index contributed by atoms with van der Waals surface area (Å²) in [5, 5.41) is 3.34. The molecule has 0 spiro atoms. The molecule has 2 aromatic carbocycles. The van der Waals surface area contributed by atoms with Gasteiger partial charge in [0.25, 0.3) is 0 Å². The van der Waals surface area contributed by atoms with Gasteiger partial charge in [-0.2, -0.15) is 8.42 Å². The van der Waals surface area contributed by atoms with Gasteiger partial charge < -0.3 is 19.0 Å². The van der Waals surface area contributed by atoms with Crippen LogP contribution in [0.3, 0.4) is 0 Å². The lowest BCUT2D eigenvalue weighted by Gasteiger charge is -2.16. The average molecular weight is 436 g/mol. The molecule has 2 aromatic rings. The van der Waals surface area contributed by atoms with E-state index in [0.29, 0.717) is 25.4 Å².